The summed E-state index contributed by atoms with van der Waals surface area (Å²) in [4.78, 5) is 24.5. The van der Waals surface area contributed by atoms with E-state index in [1.165, 1.54) is 11.8 Å². The second-order valence-corrected chi connectivity index (χ2v) is 5.94. The molecule has 1 aliphatic heterocycles. The summed E-state index contributed by atoms with van der Waals surface area (Å²) in [6, 6.07) is 7.25. The highest BCUT2D eigenvalue weighted by molar-refractivity contribution is 8.00. The molecule has 0 unspecified atom stereocenters. The van der Waals surface area contributed by atoms with Gasteiger partial charge in [-0.15, -0.1) is 11.8 Å². The van der Waals surface area contributed by atoms with Crippen LogP contribution < -0.4 is 10.6 Å². The fourth-order valence-electron chi connectivity index (χ4n) is 2.20. The molecular weight excluding hydrogens is 300 g/mol. The summed E-state index contributed by atoms with van der Waals surface area (Å²) in [5.41, 5.74) is 1.27. The minimum atomic E-state index is -0.131. The number of anilines is 1. The van der Waals surface area contributed by atoms with Gasteiger partial charge in [0.1, 0.15) is 0 Å². The maximum Gasteiger partial charge on any atom is 0.251 e. The molecule has 6 nitrogen and oxygen atoms in total. The number of rotatable bonds is 5. The third kappa shape index (κ3) is 3.48. The zero-order valence-corrected chi connectivity index (χ0v) is 12.7. The number of carbonyl (C=O) groups excluding carboxylic acids is 2. The Balaban J connectivity index is 1.53. The largest absolute Gasteiger partial charge is 0.352 e. The number of nitrogens with one attached hydrogen (secondary N) is 2. The molecular formula is C15H16N4O2S. The standard InChI is InChI=1S/C15H16N4O2S/c20-14-10-22-13-4-3-11(9-12(13)18-14)15(21)16-5-1-7-19-8-2-6-17-19/h2-4,6,8-9H,1,5,7,10H2,(H,16,21)(H,18,20). The number of nitrogens with zero attached hydrogens (tertiary/aromatic N) is 2. The van der Waals surface area contributed by atoms with Crippen molar-refractivity contribution < 1.29 is 9.59 Å². The van der Waals surface area contributed by atoms with Gasteiger partial charge in [-0.05, 0) is 30.7 Å². The molecule has 0 spiro atoms. The number of benzene rings is 1. The van der Waals surface area contributed by atoms with Gasteiger partial charge in [0, 0.05) is 35.9 Å². The fraction of sp³-hybridized carbons (Fsp3) is 0.267. The van der Waals surface area contributed by atoms with Crippen LogP contribution in [0.2, 0.25) is 0 Å². The molecule has 0 radical (unpaired) electrons. The summed E-state index contributed by atoms with van der Waals surface area (Å²) in [7, 11) is 0. The van der Waals surface area contributed by atoms with Gasteiger partial charge in [0.2, 0.25) is 5.91 Å². The number of carbonyl (C=O) groups is 2. The minimum Gasteiger partial charge on any atom is -0.352 e. The average Bonchev–Trinajstić information content (AvgIpc) is 3.04. The van der Waals surface area contributed by atoms with E-state index in [0.717, 1.165) is 17.9 Å². The summed E-state index contributed by atoms with van der Waals surface area (Å²) in [5, 5.41) is 9.78. The molecule has 2 amide bonds. The van der Waals surface area contributed by atoms with Crippen molar-refractivity contribution in [1.29, 1.82) is 0 Å². The van der Waals surface area contributed by atoms with Crippen LogP contribution in [-0.2, 0) is 11.3 Å². The Labute approximate surface area is 132 Å². The van der Waals surface area contributed by atoms with Crippen LogP contribution in [0.5, 0.6) is 0 Å². The van der Waals surface area contributed by atoms with Crippen molar-refractivity contribution >= 4 is 29.3 Å². The van der Waals surface area contributed by atoms with E-state index in [9.17, 15) is 9.59 Å². The molecule has 0 bridgehead atoms. The predicted molar refractivity (Wildman–Crippen MR) is 85.0 cm³/mol. The lowest BCUT2D eigenvalue weighted by molar-refractivity contribution is -0.113. The van der Waals surface area contributed by atoms with E-state index in [1.807, 2.05) is 23.0 Å². The highest BCUT2D eigenvalue weighted by atomic mass is 32.2. The van der Waals surface area contributed by atoms with Gasteiger partial charge in [-0.3, -0.25) is 14.3 Å². The quantitative estimate of drug-likeness (QED) is 0.824. The first-order valence-electron chi connectivity index (χ1n) is 7.05. The fourth-order valence-corrected chi connectivity index (χ4v) is 2.99. The Morgan fingerprint density at radius 3 is 3.18 bits per heavy atom. The Morgan fingerprint density at radius 2 is 2.36 bits per heavy atom. The second-order valence-electron chi connectivity index (χ2n) is 4.93. The molecule has 0 fully saturated rings. The van der Waals surface area contributed by atoms with Gasteiger partial charge in [0.25, 0.3) is 5.91 Å². The summed E-state index contributed by atoms with van der Waals surface area (Å²) in [6.07, 6.45) is 4.44. The normalized spacial score (nSPS) is 13.4. The van der Waals surface area contributed by atoms with E-state index < -0.39 is 0 Å². The molecule has 7 heteroatoms. The van der Waals surface area contributed by atoms with Gasteiger partial charge in [0.15, 0.2) is 0 Å². The SMILES string of the molecule is O=C1CSc2ccc(C(=O)NCCCn3cccn3)cc2N1. The molecule has 114 valence electrons. The van der Waals surface area contributed by atoms with Crippen LogP contribution >= 0.6 is 11.8 Å². The summed E-state index contributed by atoms with van der Waals surface area (Å²) < 4.78 is 1.83. The first-order valence-corrected chi connectivity index (χ1v) is 8.03. The molecule has 1 aliphatic rings. The van der Waals surface area contributed by atoms with Gasteiger partial charge in [-0.2, -0.15) is 5.10 Å². The monoisotopic (exact) mass is 316 g/mol. The average molecular weight is 316 g/mol. The minimum absolute atomic E-state index is 0.0331. The molecule has 1 aromatic heterocycles. The summed E-state index contributed by atoms with van der Waals surface area (Å²) in [6.45, 7) is 1.35. The van der Waals surface area contributed by atoms with Gasteiger partial charge >= 0.3 is 0 Å². The number of thioether (sulfide) groups is 1. The first-order chi connectivity index (χ1) is 10.7. The number of aromatic nitrogens is 2. The van der Waals surface area contributed by atoms with Crippen molar-refractivity contribution in [3.8, 4) is 0 Å². The number of hydrogen-bond donors (Lipinski definition) is 2. The van der Waals surface area contributed by atoms with E-state index in [4.69, 9.17) is 0 Å². The topological polar surface area (TPSA) is 76.0 Å². The summed E-state index contributed by atoms with van der Waals surface area (Å²) in [5.74, 6) is 0.258. The van der Waals surface area contributed by atoms with Crippen LogP contribution in [0.4, 0.5) is 5.69 Å². The number of fused-ring (bicyclic) bond motifs is 1. The Kier molecular flexibility index (Phi) is 4.43. The van der Waals surface area contributed by atoms with E-state index in [2.05, 4.69) is 15.7 Å². The van der Waals surface area contributed by atoms with Gasteiger partial charge in [-0.25, -0.2) is 0 Å². The maximum atomic E-state index is 12.1. The van der Waals surface area contributed by atoms with E-state index in [0.29, 0.717) is 23.5 Å². The van der Waals surface area contributed by atoms with Crippen molar-refractivity contribution in [3.05, 3.63) is 42.2 Å². The molecule has 0 saturated heterocycles. The van der Waals surface area contributed by atoms with Crippen LogP contribution in [0.1, 0.15) is 16.8 Å². The lowest BCUT2D eigenvalue weighted by Crippen LogP contribution is -2.26. The van der Waals surface area contributed by atoms with E-state index in [1.54, 1.807) is 18.3 Å². The third-order valence-electron chi connectivity index (χ3n) is 3.28. The van der Waals surface area contributed by atoms with Crippen molar-refractivity contribution in [3.63, 3.8) is 0 Å². The predicted octanol–water partition coefficient (Wildman–Crippen LogP) is 1.75. The Morgan fingerprint density at radius 1 is 1.45 bits per heavy atom. The smallest absolute Gasteiger partial charge is 0.251 e. The number of aryl methyl sites for hydroxylation is 1. The number of hydrogen-bond acceptors (Lipinski definition) is 4. The molecule has 22 heavy (non-hydrogen) atoms. The summed E-state index contributed by atoms with van der Waals surface area (Å²) >= 11 is 1.48. The van der Waals surface area contributed by atoms with Crippen molar-refractivity contribution in [2.45, 2.75) is 17.9 Å². The number of amides is 2. The van der Waals surface area contributed by atoms with Gasteiger partial charge in [0.05, 0.1) is 11.4 Å². The Bertz CT molecular complexity index is 685. The molecule has 2 aromatic rings. The van der Waals surface area contributed by atoms with Crippen molar-refractivity contribution in [2.24, 2.45) is 0 Å². The van der Waals surface area contributed by atoms with Crippen LogP contribution in [0.25, 0.3) is 0 Å². The second kappa shape index (κ2) is 6.65. The molecule has 0 saturated carbocycles. The van der Waals surface area contributed by atoms with E-state index in [-0.39, 0.29) is 11.8 Å². The van der Waals surface area contributed by atoms with Crippen molar-refractivity contribution in [1.82, 2.24) is 15.1 Å². The van der Waals surface area contributed by atoms with Gasteiger partial charge < -0.3 is 10.6 Å². The van der Waals surface area contributed by atoms with Crippen LogP contribution in [0.3, 0.4) is 0 Å². The van der Waals surface area contributed by atoms with Crippen LogP contribution in [-0.4, -0.2) is 33.9 Å². The first kappa shape index (κ1) is 14.6. The molecule has 1 aromatic carbocycles. The molecule has 0 aliphatic carbocycles. The van der Waals surface area contributed by atoms with Crippen molar-refractivity contribution in [2.75, 3.05) is 17.6 Å². The molecule has 2 heterocycles. The zero-order chi connectivity index (χ0) is 15.4. The highest BCUT2D eigenvalue weighted by Gasteiger charge is 2.17. The lowest BCUT2D eigenvalue weighted by atomic mass is 10.2. The Hall–Kier alpha value is -2.28. The van der Waals surface area contributed by atoms with E-state index >= 15 is 0 Å². The maximum absolute atomic E-state index is 12.1. The van der Waals surface area contributed by atoms with Crippen LogP contribution in [0, 0.1) is 0 Å². The molecule has 0 atom stereocenters. The zero-order valence-electron chi connectivity index (χ0n) is 11.9. The molecule has 2 N–H and O–H groups in total. The van der Waals surface area contributed by atoms with Gasteiger partial charge in [-0.1, -0.05) is 0 Å². The third-order valence-corrected chi connectivity index (χ3v) is 4.36. The lowest BCUT2D eigenvalue weighted by Gasteiger charge is -2.16. The molecule has 3 rings (SSSR count). The van der Waals surface area contributed by atoms with Crippen LogP contribution in [0.15, 0.2) is 41.6 Å². The highest BCUT2D eigenvalue weighted by Crippen LogP contribution is 2.31.